The fraction of sp³-hybridized carbons (Fsp3) is 0.583. The minimum absolute atomic E-state index is 0.335. The standard InChI is InChI=1S/C12H19N5/c1-9(2)14-11-8-12(16-10(3)15-11)17(4)7-5-6-13/h8-9H,5,7H2,1-4H3,(H,14,15,16). The Bertz CT molecular complexity index is 408. The van der Waals surface area contributed by atoms with E-state index in [4.69, 9.17) is 5.26 Å². The molecular formula is C12H19N5. The first kappa shape index (κ1) is 13.2. The largest absolute Gasteiger partial charge is 0.368 e. The first-order valence-corrected chi connectivity index (χ1v) is 5.73. The monoisotopic (exact) mass is 233 g/mol. The van der Waals surface area contributed by atoms with Gasteiger partial charge < -0.3 is 10.2 Å². The maximum atomic E-state index is 8.57. The minimum Gasteiger partial charge on any atom is -0.368 e. The molecule has 0 bridgehead atoms. The molecule has 0 saturated carbocycles. The van der Waals surface area contributed by atoms with Crippen molar-refractivity contribution in [2.45, 2.75) is 33.2 Å². The van der Waals surface area contributed by atoms with Gasteiger partial charge in [-0.25, -0.2) is 9.97 Å². The molecule has 0 fully saturated rings. The number of aromatic nitrogens is 2. The van der Waals surface area contributed by atoms with E-state index >= 15 is 0 Å². The summed E-state index contributed by atoms with van der Waals surface area (Å²) in [6, 6.07) is 4.37. The molecule has 17 heavy (non-hydrogen) atoms. The van der Waals surface area contributed by atoms with Gasteiger partial charge in [-0.15, -0.1) is 0 Å². The lowest BCUT2D eigenvalue weighted by Gasteiger charge is -2.18. The predicted octanol–water partition coefficient (Wildman–Crippen LogP) is 1.96. The van der Waals surface area contributed by atoms with Crippen LogP contribution in [0, 0.1) is 18.3 Å². The van der Waals surface area contributed by atoms with Gasteiger partial charge in [0.05, 0.1) is 12.5 Å². The molecule has 0 atom stereocenters. The summed E-state index contributed by atoms with van der Waals surface area (Å²) in [7, 11) is 1.93. The average molecular weight is 233 g/mol. The highest BCUT2D eigenvalue weighted by atomic mass is 15.2. The topological polar surface area (TPSA) is 64.8 Å². The van der Waals surface area contributed by atoms with Crippen LogP contribution in [0.25, 0.3) is 0 Å². The van der Waals surface area contributed by atoms with Crippen molar-refractivity contribution in [3.63, 3.8) is 0 Å². The number of anilines is 2. The zero-order valence-corrected chi connectivity index (χ0v) is 10.9. The van der Waals surface area contributed by atoms with Gasteiger partial charge in [0.1, 0.15) is 17.5 Å². The third kappa shape index (κ3) is 4.27. The molecule has 0 aromatic carbocycles. The maximum Gasteiger partial charge on any atom is 0.134 e. The molecule has 0 aliphatic heterocycles. The van der Waals surface area contributed by atoms with Gasteiger partial charge >= 0.3 is 0 Å². The van der Waals surface area contributed by atoms with Crippen LogP contribution in [0.5, 0.6) is 0 Å². The van der Waals surface area contributed by atoms with Gasteiger partial charge in [0.2, 0.25) is 0 Å². The van der Waals surface area contributed by atoms with Gasteiger partial charge in [-0.1, -0.05) is 0 Å². The van der Waals surface area contributed by atoms with Crippen LogP contribution in [-0.4, -0.2) is 29.6 Å². The fourth-order valence-electron chi connectivity index (χ4n) is 1.45. The lowest BCUT2D eigenvalue weighted by molar-refractivity contribution is 0.854. The number of hydrogen-bond acceptors (Lipinski definition) is 5. The van der Waals surface area contributed by atoms with Crippen molar-refractivity contribution in [3.05, 3.63) is 11.9 Å². The normalized spacial score (nSPS) is 10.1. The molecule has 0 saturated heterocycles. The molecule has 1 aromatic rings. The third-order valence-corrected chi connectivity index (χ3v) is 2.21. The Labute approximate surface area is 102 Å². The highest BCUT2D eigenvalue weighted by Gasteiger charge is 2.06. The zero-order chi connectivity index (χ0) is 12.8. The van der Waals surface area contributed by atoms with Crippen molar-refractivity contribution < 1.29 is 0 Å². The number of rotatable bonds is 5. The van der Waals surface area contributed by atoms with E-state index in [1.54, 1.807) is 0 Å². The number of hydrogen-bond donors (Lipinski definition) is 1. The molecule has 5 heteroatoms. The number of nitriles is 1. The van der Waals surface area contributed by atoms with Crippen LogP contribution in [0.2, 0.25) is 0 Å². The van der Waals surface area contributed by atoms with Gasteiger partial charge in [-0.05, 0) is 20.8 Å². The smallest absolute Gasteiger partial charge is 0.134 e. The van der Waals surface area contributed by atoms with Crippen LogP contribution in [0.15, 0.2) is 6.07 Å². The second-order valence-electron chi connectivity index (χ2n) is 4.29. The van der Waals surface area contributed by atoms with Gasteiger partial charge in [-0.2, -0.15) is 5.26 Å². The van der Waals surface area contributed by atoms with Crippen LogP contribution in [0.3, 0.4) is 0 Å². The average Bonchev–Trinajstić information content (AvgIpc) is 2.24. The zero-order valence-electron chi connectivity index (χ0n) is 10.9. The van der Waals surface area contributed by atoms with E-state index in [0.717, 1.165) is 17.5 Å². The Kier molecular flexibility index (Phi) is 4.70. The Morgan fingerprint density at radius 1 is 1.47 bits per heavy atom. The van der Waals surface area contributed by atoms with Crippen molar-refractivity contribution in [1.82, 2.24) is 9.97 Å². The van der Waals surface area contributed by atoms with Crippen LogP contribution >= 0.6 is 0 Å². The van der Waals surface area contributed by atoms with E-state index in [0.29, 0.717) is 19.0 Å². The van der Waals surface area contributed by atoms with Crippen molar-refractivity contribution >= 4 is 11.6 Å². The SMILES string of the molecule is Cc1nc(NC(C)C)cc(N(C)CCC#N)n1. The Morgan fingerprint density at radius 2 is 2.18 bits per heavy atom. The van der Waals surface area contributed by atoms with Crippen molar-refractivity contribution in [1.29, 1.82) is 5.26 Å². The van der Waals surface area contributed by atoms with E-state index in [2.05, 4.69) is 35.2 Å². The summed E-state index contributed by atoms with van der Waals surface area (Å²) in [4.78, 5) is 10.6. The first-order valence-electron chi connectivity index (χ1n) is 5.73. The lowest BCUT2D eigenvalue weighted by atomic mass is 10.3. The van der Waals surface area contributed by atoms with E-state index in [1.807, 2.05) is 24.9 Å². The van der Waals surface area contributed by atoms with Gasteiger partial charge in [0.15, 0.2) is 0 Å². The molecule has 1 N–H and O–H groups in total. The van der Waals surface area contributed by atoms with Crippen LogP contribution < -0.4 is 10.2 Å². The molecule has 0 amide bonds. The lowest BCUT2D eigenvalue weighted by Crippen LogP contribution is -2.21. The summed E-state index contributed by atoms with van der Waals surface area (Å²) < 4.78 is 0. The summed E-state index contributed by atoms with van der Waals surface area (Å²) in [5, 5.41) is 11.8. The Hall–Kier alpha value is -1.83. The Morgan fingerprint density at radius 3 is 2.76 bits per heavy atom. The summed E-state index contributed by atoms with van der Waals surface area (Å²) >= 11 is 0. The van der Waals surface area contributed by atoms with Crippen molar-refractivity contribution in [2.75, 3.05) is 23.8 Å². The number of nitrogens with zero attached hydrogens (tertiary/aromatic N) is 4. The van der Waals surface area contributed by atoms with Gasteiger partial charge in [0.25, 0.3) is 0 Å². The highest BCUT2D eigenvalue weighted by Crippen LogP contribution is 2.15. The maximum absolute atomic E-state index is 8.57. The molecular weight excluding hydrogens is 214 g/mol. The molecule has 1 rings (SSSR count). The molecule has 1 heterocycles. The highest BCUT2D eigenvalue weighted by molar-refractivity contribution is 5.49. The molecule has 5 nitrogen and oxygen atoms in total. The first-order chi connectivity index (χ1) is 8.02. The summed E-state index contributed by atoms with van der Waals surface area (Å²) in [6.45, 7) is 6.67. The summed E-state index contributed by atoms with van der Waals surface area (Å²) in [6.07, 6.45) is 0.493. The Balaban J connectivity index is 2.85. The molecule has 0 aliphatic carbocycles. The number of nitrogens with one attached hydrogen (secondary N) is 1. The van der Waals surface area contributed by atoms with Gasteiger partial charge in [-0.3, -0.25) is 0 Å². The van der Waals surface area contributed by atoms with E-state index in [-0.39, 0.29) is 0 Å². The molecule has 0 unspecified atom stereocenters. The summed E-state index contributed by atoms with van der Waals surface area (Å²) in [5.41, 5.74) is 0. The van der Waals surface area contributed by atoms with Crippen molar-refractivity contribution in [3.8, 4) is 6.07 Å². The van der Waals surface area contributed by atoms with Crippen LogP contribution in [-0.2, 0) is 0 Å². The van der Waals surface area contributed by atoms with Crippen LogP contribution in [0.4, 0.5) is 11.6 Å². The van der Waals surface area contributed by atoms with Crippen molar-refractivity contribution in [2.24, 2.45) is 0 Å². The quantitative estimate of drug-likeness (QED) is 0.842. The molecule has 0 radical (unpaired) electrons. The van der Waals surface area contributed by atoms with E-state index < -0.39 is 0 Å². The molecule has 1 aromatic heterocycles. The van der Waals surface area contributed by atoms with Crippen LogP contribution in [0.1, 0.15) is 26.1 Å². The molecule has 0 spiro atoms. The molecule has 92 valence electrons. The third-order valence-electron chi connectivity index (χ3n) is 2.21. The predicted molar refractivity (Wildman–Crippen MR) is 69.0 cm³/mol. The van der Waals surface area contributed by atoms with E-state index in [1.165, 1.54) is 0 Å². The molecule has 0 aliphatic rings. The number of aryl methyl sites for hydroxylation is 1. The second-order valence-corrected chi connectivity index (χ2v) is 4.29. The summed E-state index contributed by atoms with van der Waals surface area (Å²) in [5.74, 6) is 2.40. The minimum atomic E-state index is 0.335. The second kappa shape index (κ2) is 6.04. The fourth-order valence-corrected chi connectivity index (χ4v) is 1.45. The van der Waals surface area contributed by atoms with Gasteiger partial charge in [0, 0.05) is 25.7 Å². The van der Waals surface area contributed by atoms with E-state index in [9.17, 15) is 0 Å².